The summed E-state index contributed by atoms with van der Waals surface area (Å²) in [5, 5.41) is 2.97. The zero-order valence-corrected chi connectivity index (χ0v) is 16.4. The van der Waals surface area contributed by atoms with Gasteiger partial charge in [-0.05, 0) is 31.8 Å². The van der Waals surface area contributed by atoms with Crippen molar-refractivity contribution in [2.24, 2.45) is 0 Å². The summed E-state index contributed by atoms with van der Waals surface area (Å²) in [7, 11) is 3.96. The Bertz CT molecular complexity index is 1120. The SMILES string of the molecule is CN(C)Cc1nc(Oc2cccc(C=O)c2)c2c(-c3ccccc3)csc2n1. The topological polar surface area (TPSA) is 55.3 Å². The van der Waals surface area contributed by atoms with Crippen molar-refractivity contribution in [1.82, 2.24) is 14.9 Å². The first-order chi connectivity index (χ1) is 13.6. The first-order valence-corrected chi connectivity index (χ1v) is 9.73. The molecule has 6 heteroatoms. The molecule has 0 radical (unpaired) electrons. The molecular formula is C22H19N3O2S. The monoisotopic (exact) mass is 389 g/mol. The number of nitrogens with zero attached hydrogens (tertiary/aromatic N) is 3. The van der Waals surface area contributed by atoms with E-state index in [4.69, 9.17) is 14.7 Å². The fourth-order valence-corrected chi connectivity index (χ4v) is 3.93. The molecule has 4 aromatic rings. The molecule has 0 aliphatic carbocycles. The number of rotatable bonds is 6. The van der Waals surface area contributed by atoms with E-state index >= 15 is 0 Å². The van der Waals surface area contributed by atoms with Crippen LogP contribution in [0.3, 0.4) is 0 Å². The van der Waals surface area contributed by atoms with Gasteiger partial charge in [0.25, 0.3) is 0 Å². The summed E-state index contributed by atoms with van der Waals surface area (Å²) in [6, 6.07) is 17.2. The van der Waals surface area contributed by atoms with Gasteiger partial charge in [-0.25, -0.2) is 4.98 Å². The van der Waals surface area contributed by atoms with Crippen molar-refractivity contribution in [3.8, 4) is 22.8 Å². The normalized spacial score (nSPS) is 11.1. The lowest BCUT2D eigenvalue weighted by atomic mass is 10.1. The predicted molar refractivity (Wildman–Crippen MR) is 112 cm³/mol. The van der Waals surface area contributed by atoms with Gasteiger partial charge in [0.05, 0.1) is 11.9 Å². The van der Waals surface area contributed by atoms with Gasteiger partial charge in [-0.1, -0.05) is 42.5 Å². The second-order valence-electron chi connectivity index (χ2n) is 6.67. The van der Waals surface area contributed by atoms with Crippen LogP contribution in [0.1, 0.15) is 16.2 Å². The lowest BCUT2D eigenvalue weighted by molar-refractivity contribution is 0.112. The van der Waals surface area contributed by atoms with E-state index in [1.807, 2.05) is 43.3 Å². The maximum Gasteiger partial charge on any atom is 0.232 e. The van der Waals surface area contributed by atoms with Crippen LogP contribution in [0, 0.1) is 0 Å². The summed E-state index contributed by atoms with van der Waals surface area (Å²) in [5.41, 5.74) is 2.69. The number of benzene rings is 2. The van der Waals surface area contributed by atoms with E-state index in [0.717, 1.165) is 27.6 Å². The maximum atomic E-state index is 11.1. The van der Waals surface area contributed by atoms with Gasteiger partial charge in [0.1, 0.15) is 22.7 Å². The summed E-state index contributed by atoms with van der Waals surface area (Å²) in [6.07, 6.45) is 0.805. The standard InChI is InChI=1S/C22H19N3O2S/c1-25(2)12-19-23-21(27-17-10-6-7-15(11-17)13-26)20-18(14-28-22(20)24-19)16-8-4-3-5-9-16/h3-11,13-14H,12H2,1-2H3. The van der Waals surface area contributed by atoms with Crippen molar-refractivity contribution in [2.45, 2.75) is 6.54 Å². The van der Waals surface area contributed by atoms with Crippen molar-refractivity contribution in [3.05, 3.63) is 71.4 Å². The molecule has 0 spiro atoms. The molecule has 0 fully saturated rings. The van der Waals surface area contributed by atoms with Crippen molar-refractivity contribution in [3.63, 3.8) is 0 Å². The van der Waals surface area contributed by atoms with Crippen LogP contribution in [0.15, 0.2) is 60.0 Å². The molecule has 0 N–H and O–H groups in total. The molecule has 0 saturated heterocycles. The highest BCUT2D eigenvalue weighted by Gasteiger charge is 2.17. The minimum atomic E-state index is 0.505. The second-order valence-corrected chi connectivity index (χ2v) is 7.53. The van der Waals surface area contributed by atoms with Crippen LogP contribution in [-0.2, 0) is 6.54 Å². The molecule has 0 saturated carbocycles. The number of aldehydes is 1. The molecule has 28 heavy (non-hydrogen) atoms. The Hall–Kier alpha value is -3.09. The Morgan fingerprint density at radius 3 is 2.64 bits per heavy atom. The highest BCUT2D eigenvalue weighted by molar-refractivity contribution is 7.17. The third kappa shape index (κ3) is 3.78. The Morgan fingerprint density at radius 1 is 1.07 bits per heavy atom. The average molecular weight is 389 g/mol. The van der Waals surface area contributed by atoms with E-state index in [9.17, 15) is 4.79 Å². The van der Waals surface area contributed by atoms with Gasteiger partial charge < -0.3 is 9.64 Å². The zero-order valence-electron chi connectivity index (χ0n) is 15.6. The second kappa shape index (κ2) is 7.88. The number of ether oxygens (including phenoxy) is 1. The highest BCUT2D eigenvalue weighted by Crippen LogP contribution is 2.39. The van der Waals surface area contributed by atoms with Gasteiger partial charge in [-0.15, -0.1) is 11.3 Å². The number of fused-ring (bicyclic) bond motifs is 1. The van der Waals surface area contributed by atoms with Gasteiger partial charge in [-0.3, -0.25) is 4.79 Å². The summed E-state index contributed by atoms with van der Waals surface area (Å²) >= 11 is 1.58. The smallest absolute Gasteiger partial charge is 0.232 e. The quantitative estimate of drug-likeness (QED) is 0.433. The Labute approximate surface area is 167 Å². The lowest BCUT2D eigenvalue weighted by Gasteiger charge is -2.12. The summed E-state index contributed by atoms with van der Waals surface area (Å²) in [5.74, 6) is 1.77. The number of hydrogen-bond acceptors (Lipinski definition) is 6. The molecule has 0 bridgehead atoms. The number of hydrogen-bond donors (Lipinski definition) is 0. The molecule has 4 rings (SSSR count). The molecule has 0 amide bonds. The minimum absolute atomic E-state index is 0.505. The molecule has 5 nitrogen and oxygen atoms in total. The third-order valence-corrected chi connectivity index (χ3v) is 5.07. The third-order valence-electron chi connectivity index (χ3n) is 4.20. The van der Waals surface area contributed by atoms with Crippen molar-refractivity contribution in [1.29, 1.82) is 0 Å². The number of thiophene rings is 1. The Kier molecular flexibility index (Phi) is 5.14. The van der Waals surface area contributed by atoms with Crippen LogP contribution in [0.25, 0.3) is 21.3 Å². The number of carbonyl (C=O) groups excluding carboxylic acids is 1. The minimum Gasteiger partial charge on any atom is -0.438 e. The van der Waals surface area contributed by atoms with E-state index in [1.54, 1.807) is 29.5 Å². The summed E-state index contributed by atoms with van der Waals surface area (Å²) in [6.45, 7) is 0.610. The van der Waals surface area contributed by atoms with Crippen LogP contribution in [0.2, 0.25) is 0 Å². The molecular weight excluding hydrogens is 370 g/mol. The largest absolute Gasteiger partial charge is 0.438 e. The van der Waals surface area contributed by atoms with Crippen LogP contribution >= 0.6 is 11.3 Å². The van der Waals surface area contributed by atoms with E-state index in [1.165, 1.54) is 0 Å². The van der Waals surface area contributed by atoms with E-state index < -0.39 is 0 Å². The van der Waals surface area contributed by atoms with Crippen LogP contribution in [0.5, 0.6) is 11.6 Å². The molecule has 0 unspecified atom stereocenters. The predicted octanol–water partition coefficient (Wildman–Crippen LogP) is 5.02. The first-order valence-electron chi connectivity index (χ1n) is 8.85. The van der Waals surface area contributed by atoms with Gasteiger partial charge in [0.2, 0.25) is 5.88 Å². The van der Waals surface area contributed by atoms with Gasteiger partial charge >= 0.3 is 0 Å². The Balaban J connectivity index is 1.87. The average Bonchev–Trinajstić information content (AvgIpc) is 3.12. The van der Waals surface area contributed by atoms with Gasteiger partial charge in [0.15, 0.2) is 0 Å². The van der Waals surface area contributed by atoms with Crippen molar-refractivity contribution >= 4 is 27.8 Å². The molecule has 0 atom stereocenters. The lowest BCUT2D eigenvalue weighted by Crippen LogP contribution is -2.13. The molecule has 0 aliphatic rings. The van der Waals surface area contributed by atoms with Gasteiger partial charge in [-0.2, -0.15) is 4.98 Å². The molecule has 0 aliphatic heterocycles. The van der Waals surface area contributed by atoms with Gasteiger partial charge in [0, 0.05) is 16.5 Å². The number of aromatic nitrogens is 2. The molecule has 2 aromatic carbocycles. The fraction of sp³-hybridized carbons (Fsp3) is 0.136. The van der Waals surface area contributed by atoms with E-state index in [2.05, 4.69) is 17.5 Å². The molecule has 2 aromatic heterocycles. The van der Waals surface area contributed by atoms with Crippen molar-refractivity contribution < 1.29 is 9.53 Å². The maximum absolute atomic E-state index is 11.1. The number of carbonyl (C=O) groups is 1. The van der Waals surface area contributed by atoms with Crippen LogP contribution in [-0.4, -0.2) is 35.2 Å². The Morgan fingerprint density at radius 2 is 1.89 bits per heavy atom. The molecule has 140 valence electrons. The summed E-state index contributed by atoms with van der Waals surface area (Å²) < 4.78 is 6.16. The van der Waals surface area contributed by atoms with E-state index in [-0.39, 0.29) is 0 Å². The van der Waals surface area contributed by atoms with E-state index in [0.29, 0.717) is 29.6 Å². The summed E-state index contributed by atoms with van der Waals surface area (Å²) in [4.78, 5) is 23.4. The fourth-order valence-electron chi connectivity index (χ4n) is 2.97. The van der Waals surface area contributed by atoms with Crippen LogP contribution in [0.4, 0.5) is 0 Å². The van der Waals surface area contributed by atoms with Crippen LogP contribution < -0.4 is 4.74 Å². The zero-order chi connectivity index (χ0) is 19.5. The highest BCUT2D eigenvalue weighted by atomic mass is 32.1. The van der Waals surface area contributed by atoms with Crippen molar-refractivity contribution in [2.75, 3.05) is 14.1 Å². The first kappa shape index (κ1) is 18.3. The molecule has 2 heterocycles.